The lowest BCUT2D eigenvalue weighted by molar-refractivity contribution is 0.0977. The molecule has 4 aromatic rings. The van der Waals surface area contributed by atoms with Crippen LogP contribution in [0.2, 0.25) is 0 Å². The first-order chi connectivity index (χ1) is 15.9. The van der Waals surface area contributed by atoms with Crippen LogP contribution in [0.5, 0.6) is 5.75 Å². The van der Waals surface area contributed by atoms with E-state index in [1.165, 1.54) is 10.3 Å². The molecule has 0 saturated heterocycles. The third-order valence-corrected chi connectivity index (χ3v) is 6.13. The Morgan fingerprint density at radius 1 is 1.06 bits per heavy atom. The van der Waals surface area contributed by atoms with Crippen molar-refractivity contribution in [1.82, 2.24) is 10.3 Å². The van der Waals surface area contributed by atoms with Gasteiger partial charge in [-0.3, -0.25) is 10.1 Å². The number of carbonyl (C=O) groups excluding carboxylic acids is 1. The standard InChI is InChI=1S/C26H25N3O2S2/c1-16(2)15-31-21-11-7-18(8-12-21)24(30)29-26(32)27-20-9-5-19(6-10-20)25-28-22-13-4-17(3)14-23(22)33-25/h4-14,16H,15H2,1-3H3,(H2,27,29,30,32). The van der Waals surface area contributed by atoms with Crippen LogP contribution in [0.25, 0.3) is 20.8 Å². The van der Waals surface area contributed by atoms with Gasteiger partial charge in [-0.15, -0.1) is 11.3 Å². The van der Waals surface area contributed by atoms with Gasteiger partial charge in [-0.25, -0.2) is 4.98 Å². The quantitative estimate of drug-likeness (QED) is 0.315. The van der Waals surface area contributed by atoms with Crippen molar-refractivity contribution >= 4 is 50.5 Å². The number of fused-ring (bicyclic) bond motifs is 1. The largest absolute Gasteiger partial charge is 0.493 e. The Labute approximate surface area is 202 Å². The van der Waals surface area contributed by atoms with E-state index in [4.69, 9.17) is 21.9 Å². The fourth-order valence-electron chi connectivity index (χ4n) is 3.15. The number of ether oxygens (including phenoxy) is 1. The fourth-order valence-corrected chi connectivity index (χ4v) is 4.43. The van der Waals surface area contributed by atoms with E-state index in [0.717, 1.165) is 27.5 Å². The van der Waals surface area contributed by atoms with Gasteiger partial charge in [0.15, 0.2) is 5.11 Å². The van der Waals surface area contributed by atoms with Gasteiger partial charge >= 0.3 is 0 Å². The van der Waals surface area contributed by atoms with Crippen LogP contribution in [-0.2, 0) is 0 Å². The Hall–Kier alpha value is -3.29. The molecule has 0 aliphatic rings. The molecule has 0 atom stereocenters. The molecule has 7 heteroatoms. The molecule has 1 aromatic heterocycles. The smallest absolute Gasteiger partial charge is 0.257 e. The molecule has 1 heterocycles. The summed E-state index contributed by atoms with van der Waals surface area (Å²) in [4.78, 5) is 17.2. The second kappa shape index (κ2) is 10.1. The molecule has 2 N–H and O–H groups in total. The van der Waals surface area contributed by atoms with E-state index in [9.17, 15) is 4.79 Å². The Morgan fingerprint density at radius 2 is 1.79 bits per heavy atom. The second-order valence-corrected chi connectivity index (χ2v) is 9.64. The van der Waals surface area contributed by atoms with Crippen LogP contribution in [0.1, 0.15) is 29.8 Å². The van der Waals surface area contributed by atoms with Crippen molar-refractivity contribution in [2.75, 3.05) is 11.9 Å². The zero-order valence-electron chi connectivity index (χ0n) is 18.7. The minimum Gasteiger partial charge on any atom is -0.493 e. The van der Waals surface area contributed by atoms with Crippen LogP contribution in [0.15, 0.2) is 66.7 Å². The van der Waals surface area contributed by atoms with Crippen molar-refractivity contribution in [3.63, 3.8) is 0 Å². The molecular formula is C26H25N3O2S2. The molecule has 3 aromatic carbocycles. The number of nitrogens with one attached hydrogen (secondary N) is 2. The average Bonchev–Trinajstić information content (AvgIpc) is 3.21. The zero-order chi connectivity index (χ0) is 23.4. The highest BCUT2D eigenvalue weighted by atomic mass is 32.1. The van der Waals surface area contributed by atoms with Crippen LogP contribution in [0, 0.1) is 12.8 Å². The first-order valence-electron chi connectivity index (χ1n) is 10.7. The predicted octanol–water partition coefficient (Wildman–Crippen LogP) is 6.43. The summed E-state index contributed by atoms with van der Waals surface area (Å²) in [6.45, 7) is 6.89. The minimum atomic E-state index is -0.274. The number of benzene rings is 3. The van der Waals surface area contributed by atoms with E-state index < -0.39 is 0 Å². The summed E-state index contributed by atoms with van der Waals surface area (Å²) in [7, 11) is 0. The molecule has 0 radical (unpaired) electrons. The molecule has 4 rings (SSSR count). The molecule has 0 saturated carbocycles. The lowest BCUT2D eigenvalue weighted by atomic mass is 10.2. The van der Waals surface area contributed by atoms with E-state index in [-0.39, 0.29) is 11.0 Å². The SMILES string of the molecule is Cc1ccc2nc(-c3ccc(NC(=S)NC(=O)c4ccc(OCC(C)C)cc4)cc3)sc2c1. The van der Waals surface area contributed by atoms with Crippen molar-refractivity contribution < 1.29 is 9.53 Å². The monoisotopic (exact) mass is 475 g/mol. The summed E-state index contributed by atoms with van der Waals surface area (Å²) in [5, 5.41) is 6.98. The van der Waals surface area contributed by atoms with Gasteiger partial charge in [-0.2, -0.15) is 0 Å². The van der Waals surface area contributed by atoms with Gasteiger partial charge < -0.3 is 10.1 Å². The maximum atomic E-state index is 12.5. The molecule has 168 valence electrons. The highest BCUT2D eigenvalue weighted by molar-refractivity contribution is 7.80. The molecule has 0 bridgehead atoms. The summed E-state index contributed by atoms with van der Waals surface area (Å²) in [5.41, 5.74) is 4.57. The molecule has 5 nitrogen and oxygen atoms in total. The van der Waals surface area contributed by atoms with E-state index in [1.807, 2.05) is 30.3 Å². The number of carbonyl (C=O) groups is 1. The van der Waals surface area contributed by atoms with E-state index in [2.05, 4.69) is 43.5 Å². The highest BCUT2D eigenvalue weighted by Gasteiger charge is 2.10. The first kappa shape index (κ1) is 22.9. The number of hydrogen-bond acceptors (Lipinski definition) is 5. The molecule has 0 spiro atoms. The summed E-state index contributed by atoms with van der Waals surface area (Å²) in [6, 6.07) is 21.1. The highest BCUT2D eigenvalue weighted by Crippen LogP contribution is 2.31. The maximum Gasteiger partial charge on any atom is 0.257 e. The lowest BCUT2D eigenvalue weighted by Crippen LogP contribution is -2.34. The van der Waals surface area contributed by atoms with Crippen molar-refractivity contribution in [1.29, 1.82) is 0 Å². The van der Waals surface area contributed by atoms with Crippen LogP contribution in [0.4, 0.5) is 5.69 Å². The Balaban J connectivity index is 1.34. The number of anilines is 1. The van der Waals surface area contributed by atoms with Gasteiger partial charge in [0.2, 0.25) is 0 Å². The van der Waals surface area contributed by atoms with Gasteiger partial charge in [0, 0.05) is 16.8 Å². The van der Waals surface area contributed by atoms with Crippen LogP contribution < -0.4 is 15.4 Å². The predicted molar refractivity (Wildman–Crippen MR) is 140 cm³/mol. The average molecular weight is 476 g/mol. The molecule has 0 aliphatic carbocycles. The number of hydrogen-bond donors (Lipinski definition) is 2. The summed E-state index contributed by atoms with van der Waals surface area (Å²) in [5.74, 6) is 0.907. The Kier molecular flexibility index (Phi) is 7.01. The minimum absolute atomic E-state index is 0.239. The summed E-state index contributed by atoms with van der Waals surface area (Å²) in [6.07, 6.45) is 0. The van der Waals surface area contributed by atoms with Gasteiger partial charge in [-0.05, 0) is 91.3 Å². The molecule has 0 fully saturated rings. The molecule has 1 amide bonds. The number of thiocarbonyl (C=S) groups is 1. The topological polar surface area (TPSA) is 63.2 Å². The van der Waals surface area contributed by atoms with Crippen LogP contribution in [-0.4, -0.2) is 22.6 Å². The van der Waals surface area contributed by atoms with E-state index >= 15 is 0 Å². The van der Waals surface area contributed by atoms with Crippen molar-refractivity contribution in [2.24, 2.45) is 5.92 Å². The Morgan fingerprint density at radius 3 is 2.48 bits per heavy atom. The second-order valence-electron chi connectivity index (χ2n) is 8.21. The van der Waals surface area contributed by atoms with Gasteiger partial charge in [-0.1, -0.05) is 19.9 Å². The molecule has 0 aliphatic heterocycles. The number of thiazole rings is 1. The third kappa shape index (κ3) is 5.94. The third-order valence-electron chi connectivity index (χ3n) is 4.86. The van der Waals surface area contributed by atoms with Crippen molar-refractivity contribution in [3.05, 3.63) is 77.9 Å². The first-order valence-corrected chi connectivity index (χ1v) is 11.9. The molecular weight excluding hydrogens is 450 g/mol. The van der Waals surface area contributed by atoms with Crippen molar-refractivity contribution in [3.8, 4) is 16.3 Å². The van der Waals surface area contributed by atoms with Gasteiger partial charge in [0.05, 0.1) is 16.8 Å². The number of nitrogens with zero attached hydrogens (tertiary/aromatic N) is 1. The zero-order valence-corrected chi connectivity index (χ0v) is 20.3. The van der Waals surface area contributed by atoms with E-state index in [1.54, 1.807) is 35.6 Å². The number of rotatable bonds is 6. The summed E-state index contributed by atoms with van der Waals surface area (Å²) >= 11 is 6.98. The van der Waals surface area contributed by atoms with Gasteiger partial charge in [0.25, 0.3) is 5.91 Å². The number of amides is 1. The molecule has 0 unspecified atom stereocenters. The van der Waals surface area contributed by atoms with Gasteiger partial charge in [0.1, 0.15) is 10.8 Å². The maximum absolute atomic E-state index is 12.5. The number of aromatic nitrogens is 1. The van der Waals surface area contributed by atoms with Crippen LogP contribution in [0.3, 0.4) is 0 Å². The fraction of sp³-hybridized carbons (Fsp3) is 0.192. The Bertz CT molecular complexity index is 1280. The normalized spacial score (nSPS) is 10.9. The summed E-state index contributed by atoms with van der Waals surface area (Å²) < 4.78 is 6.83. The molecule has 33 heavy (non-hydrogen) atoms. The lowest BCUT2D eigenvalue weighted by Gasteiger charge is -2.11. The van der Waals surface area contributed by atoms with Crippen LogP contribution >= 0.6 is 23.6 Å². The number of aryl methyl sites for hydroxylation is 1. The van der Waals surface area contributed by atoms with E-state index in [0.29, 0.717) is 18.1 Å². The van der Waals surface area contributed by atoms with Crippen molar-refractivity contribution in [2.45, 2.75) is 20.8 Å².